The van der Waals surface area contributed by atoms with Gasteiger partial charge in [0.25, 0.3) is 0 Å². The average Bonchev–Trinajstić information content (AvgIpc) is 2.32. The van der Waals surface area contributed by atoms with E-state index in [9.17, 15) is 14.4 Å². The van der Waals surface area contributed by atoms with E-state index in [1.54, 1.807) is 20.8 Å². The van der Waals surface area contributed by atoms with Crippen molar-refractivity contribution in [3.63, 3.8) is 0 Å². The highest BCUT2D eigenvalue weighted by atomic mass is 16.6. The molecular weight excluding hydrogens is 296 g/mol. The van der Waals surface area contributed by atoms with Gasteiger partial charge < -0.3 is 10.1 Å². The normalized spacial score (nSPS) is 14.4. The Morgan fingerprint density at radius 2 is 1.48 bits per heavy atom. The summed E-state index contributed by atoms with van der Waals surface area (Å²) < 4.78 is 5.32. The maximum absolute atomic E-state index is 12.6. The highest BCUT2D eigenvalue weighted by molar-refractivity contribution is 5.91. The van der Waals surface area contributed by atoms with E-state index in [0.717, 1.165) is 0 Å². The van der Waals surface area contributed by atoms with Gasteiger partial charge in [-0.05, 0) is 39.5 Å². The lowest BCUT2D eigenvalue weighted by molar-refractivity contribution is -0.132. The monoisotopic (exact) mass is 328 g/mol. The third-order valence-electron chi connectivity index (χ3n) is 3.40. The van der Waals surface area contributed by atoms with E-state index in [1.807, 2.05) is 27.7 Å². The number of ketones is 1. The Balaban J connectivity index is 5.21. The fraction of sp³-hybridized carbons (Fsp3) is 0.824. The Hall–Kier alpha value is -1.59. The van der Waals surface area contributed by atoms with Crippen LogP contribution >= 0.6 is 0 Å². The number of nitrogens with zero attached hydrogens (tertiary/aromatic N) is 1. The van der Waals surface area contributed by atoms with Crippen molar-refractivity contribution < 1.29 is 19.1 Å². The third kappa shape index (κ3) is 7.01. The zero-order valence-corrected chi connectivity index (χ0v) is 15.9. The number of hydrogen-bond acceptors (Lipinski definition) is 4. The number of ether oxygens (including phenoxy) is 1. The van der Waals surface area contributed by atoms with Crippen LogP contribution in [0.25, 0.3) is 0 Å². The second kappa shape index (κ2) is 8.31. The molecule has 134 valence electrons. The molecule has 0 saturated heterocycles. The van der Waals surface area contributed by atoms with Gasteiger partial charge >= 0.3 is 6.09 Å². The number of Topliss-reactive ketones (excluding diaryl/α,β-unsaturated/α-hetero) is 1. The maximum Gasteiger partial charge on any atom is 0.410 e. The number of amides is 2. The van der Waals surface area contributed by atoms with Gasteiger partial charge in [-0.25, -0.2) is 4.79 Å². The van der Waals surface area contributed by atoms with Crippen LogP contribution in [-0.2, 0) is 14.3 Å². The van der Waals surface area contributed by atoms with Crippen LogP contribution in [0.3, 0.4) is 0 Å². The highest BCUT2D eigenvalue weighted by Crippen LogP contribution is 2.16. The van der Waals surface area contributed by atoms with Gasteiger partial charge in [-0.3, -0.25) is 14.5 Å². The van der Waals surface area contributed by atoms with Gasteiger partial charge in [0.2, 0.25) is 5.91 Å². The summed E-state index contributed by atoms with van der Waals surface area (Å²) in [5.74, 6) is -0.582. The molecule has 0 aliphatic carbocycles. The molecule has 0 aliphatic rings. The average molecular weight is 328 g/mol. The van der Waals surface area contributed by atoms with Crippen LogP contribution in [0.15, 0.2) is 0 Å². The molecule has 0 bridgehead atoms. The van der Waals surface area contributed by atoms with E-state index in [2.05, 4.69) is 5.32 Å². The van der Waals surface area contributed by atoms with Gasteiger partial charge in [-0.2, -0.15) is 0 Å². The summed E-state index contributed by atoms with van der Waals surface area (Å²) in [4.78, 5) is 37.8. The standard InChI is InChI=1S/C17H32N2O4/c1-10(2)13(12(5)20)18-15(21)14(11(3)4)19(9)16(22)23-17(6,7)8/h10-11,13-14H,1-9H3,(H,18,21)/t13-,14-/m0/s1. The number of nitrogens with one attached hydrogen (secondary N) is 1. The quantitative estimate of drug-likeness (QED) is 0.813. The van der Waals surface area contributed by atoms with Crippen molar-refractivity contribution >= 4 is 17.8 Å². The lowest BCUT2D eigenvalue weighted by atomic mass is 9.97. The fourth-order valence-corrected chi connectivity index (χ4v) is 2.35. The molecule has 23 heavy (non-hydrogen) atoms. The van der Waals surface area contributed by atoms with Crippen LogP contribution in [0.1, 0.15) is 55.4 Å². The molecule has 1 N–H and O–H groups in total. The lowest BCUT2D eigenvalue weighted by Gasteiger charge is -2.33. The number of carbonyl (C=O) groups excluding carboxylic acids is 3. The van der Waals surface area contributed by atoms with E-state index < -0.39 is 23.8 Å². The molecule has 0 rings (SSSR count). The molecule has 0 aliphatic heterocycles. The van der Waals surface area contributed by atoms with Crippen LogP contribution in [0.5, 0.6) is 0 Å². The van der Waals surface area contributed by atoms with Crippen molar-refractivity contribution in [2.24, 2.45) is 11.8 Å². The second-order valence-corrected chi connectivity index (χ2v) is 7.62. The first-order valence-electron chi connectivity index (χ1n) is 8.04. The molecule has 0 aromatic heterocycles. The number of rotatable bonds is 6. The number of likely N-dealkylation sites (N-methyl/N-ethyl adjacent to an activating group) is 1. The molecule has 0 saturated carbocycles. The van der Waals surface area contributed by atoms with Gasteiger partial charge in [0.15, 0.2) is 5.78 Å². The molecule has 0 aromatic carbocycles. The molecule has 0 spiro atoms. The second-order valence-electron chi connectivity index (χ2n) is 7.62. The molecule has 2 atom stereocenters. The SMILES string of the molecule is CC(=O)[C@@H](NC(=O)[C@H](C(C)C)N(C)C(=O)OC(C)(C)C)C(C)C. The summed E-state index contributed by atoms with van der Waals surface area (Å²) in [5, 5.41) is 2.76. The summed E-state index contributed by atoms with van der Waals surface area (Å²) in [6.45, 7) is 14.2. The third-order valence-corrected chi connectivity index (χ3v) is 3.40. The first kappa shape index (κ1) is 21.4. The van der Waals surface area contributed by atoms with Gasteiger partial charge in [-0.15, -0.1) is 0 Å². The molecule has 0 fully saturated rings. The Kier molecular flexibility index (Phi) is 7.74. The van der Waals surface area contributed by atoms with Gasteiger partial charge in [0, 0.05) is 7.05 Å². The summed E-state index contributed by atoms with van der Waals surface area (Å²) in [6, 6.07) is -1.26. The summed E-state index contributed by atoms with van der Waals surface area (Å²) in [7, 11) is 1.54. The molecule has 0 radical (unpaired) electrons. The van der Waals surface area contributed by atoms with Crippen molar-refractivity contribution in [2.45, 2.75) is 73.1 Å². The first-order valence-corrected chi connectivity index (χ1v) is 8.04. The Morgan fingerprint density at radius 1 is 1.00 bits per heavy atom. The van der Waals surface area contributed by atoms with Crippen LogP contribution in [0, 0.1) is 11.8 Å². The summed E-state index contributed by atoms with van der Waals surface area (Å²) >= 11 is 0. The Bertz CT molecular complexity index is 438. The summed E-state index contributed by atoms with van der Waals surface area (Å²) in [5.41, 5.74) is -0.636. The van der Waals surface area contributed by atoms with E-state index in [1.165, 1.54) is 18.9 Å². The smallest absolute Gasteiger partial charge is 0.410 e. The Labute approximate surface area is 139 Å². The Morgan fingerprint density at radius 3 is 1.78 bits per heavy atom. The molecule has 6 nitrogen and oxygen atoms in total. The minimum Gasteiger partial charge on any atom is -0.444 e. The van der Waals surface area contributed by atoms with Crippen LogP contribution in [0.2, 0.25) is 0 Å². The largest absolute Gasteiger partial charge is 0.444 e. The molecule has 0 aromatic rings. The minimum atomic E-state index is -0.703. The molecule has 6 heteroatoms. The van der Waals surface area contributed by atoms with Crippen molar-refractivity contribution in [1.82, 2.24) is 10.2 Å². The zero-order chi connectivity index (χ0) is 18.5. The minimum absolute atomic E-state index is 0.0175. The predicted molar refractivity (Wildman–Crippen MR) is 90.1 cm³/mol. The van der Waals surface area contributed by atoms with Gasteiger partial charge in [0.1, 0.15) is 11.6 Å². The molecular formula is C17H32N2O4. The van der Waals surface area contributed by atoms with Gasteiger partial charge in [0.05, 0.1) is 6.04 Å². The van der Waals surface area contributed by atoms with Crippen molar-refractivity contribution in [1.29, 1.82) is 0 Å². The number of carbonyl (C=O) groups is 3. The number of hydrogen-bond donors (Lipinski definition) is 1. The van der Waals surface area contributed by atoms with Gasteiger partial charge in [-0.1, -0.05) is 27.7 Å². The van der Waals surface area contributed by atoms with Crippen LogP contribution < -0.4 is 5.32 Å². The fourth-order valence-electron chi connectivity index (χ4n) is 2.35. The maximum atomic E-state index is 12.6. The van der Waals surface area contributed by atoms with Crippen molar-refractivity contribution in [2.75, 3.05) is 7.05 Å². The topological polar surface area (TPSA) is 75.7 Å². The molecule has 0 heterocycles. The van der Waals surface area contributed by atoms with E-state index in [-0.39, 0.29) is 23.5 Å². The van der Waals surface area contributed by atoms with Crippen molar-refractivity contribution in [3.05, 3.63) is 0 Å². The predicted octanol–water partition coefficient (Wildman–Crippen LogP) is 2.61. The van der Waals surface area contributed by atoms with Crippen molar-refractivity contribution in [3.8, 4) is 0 Å². The van der Waals surface area contributed by atoms with E-state index in [0.29, 0.717) is 0 Å². The van der Waals surface area contributed by atoms with Crippen LogP contribution in [-0.4, -0.2) is 47.4 Å². The highest BCUT2D eigenvalue weighted by Gasteiger charge is 2.34. The lowest BCUT2D eigenvalue weighted by Crippen LogP contribution is -2.55. The summed E-state index contributed by atoms with van der Waals surface area (Å²) in [6.07, 6.45) is -0.560. The van der Waals surface area contributed by atoms with Crippen LogP contribution in [0.4, 0.5) is 4.79 Å². The molecule has 2 amide bonds. The molecule has 0 unspecified atom stereocenters. The first-order chi connectivity index (χ1) is 10.3. The zero-order valence-electron chi connectivity index (χ0n) is 15.9. The van der Waals surface area contributed by atoms with E-state index in [4.69, 9.17) is 4.74 Å². The van der Waals surface area contributed by atoms with E-state index >= 15 is 0 Å².